The van der Waals surface area contributed by atoms with Crippen molar-refractivity contribution in [3.8, 4) is 5.75 Å². The minimum atomic E-state index is -3.95. The molecule has 0 radical (unpaired) electrons. The van der Waals surface area contributed by atoms with E-state index in [9.17, 15) is 22.4 Å². The van der Waals surface area contributed by atoms with Crippen molar-refractivity contribution in [2.24, 2.45) is 5.92 Å². The van der Waals surface area contributed by atoms with Crippen molar-refractivity contribution in [1.82, 2.24) is 4.31 Å². The highest BCUT2D eigenvalue weighted by atomic mass is 32.2. The number of halogens is 1. The van der Waals surface area contributed by atoms with Crippen LogP contribution in [-0.2, 0) is 19.6 Å². The summed E-state index contributed by atoms with van der Waals surface area (Å²) in [5.74, 6) is -1.95. The largest absolute Gasteiger partial charge is 0.494 e. The number of amides is 1. The fourth-order valence-corrected chi connectivity index (χ4v) is 4.64. The summed E-state index contributed by atoms with van der Waals surface area (Å²) >= 11 is 0. The molecule has 3 rings (SSSR count). The summed E-state index contributed by atoms with van der Waals surface area (Å²) in [6.07, 6.45) is 0.583. The summed E-state index contributed by atoms with van der Waals surface area (Å²) in [6, 6.07) is 6.24. The quantitative estimate of drug-likeness (QED) is 0.640. The number of hydrogen-bond donors (Lipinski definition) is 1. The van der Waals surface area contributed by atoms with Gasteiger partial charge >= 0.3 is 5.97 Å². The molecule has 0 unspecified atom stereocenters. The first-order valence-corrected chi connectivity index (χ1v) is 11.1. The van der Waals surface area contributed by atoms with Gasteiger partial charge in [0.15, 0.2) is 0 Å². The standard InChI is InChI=1S/C20H23FN2O7S/c1-3-29-20(25)16-6-7-18(30-16)31(26,27)23-10-8-13(9-11-23)19(24)22-15-5-4-14(21)12-17(15)28-2/h4-7,12-13H,3,8-11H2,1-2H3,(H,22,24). The molecule has 31 heavy (non-hydrogen) atoms. The second kappa shape index (κ2) is 9.48. The van der Waals surface area contributed by atoms with E-state index in [1.54, 1.807) is 6.92 Å². The Morgan fingerprint density at radius 3 is 2.58 bits per heavy atom. The topological polar surface area (TPSA) is 115 Å². The van der Waals surface area contributed by atoms with Crippen molar-refractivity contribution in [1.29, 1.82) is 0 Å². The first-order valence-electron chi connectivity index (χ1n) is 9.67. The molecule has 0 spiro atoms. The smallest absolute Gasteiger partial charge is 0.374 e. The Kier molecular flexibility index (Phi) is 6.96. The first-order chi connectivity index (χ1) is 14.8. The maximum Gasteiger partial charge on any atom is 0.374 e. The van der Waals surface area contributed by atoms with E-state index < -0.39 is 27.7 Å². The van der Waals surface area contributed by atoms with Crippen LogP contribution < -0.4 is 10.1 Å². The number of nitrogens with one attached hydrogen (secondary N) is 1. The van der Waals surface area contributed by atoms with E-state index in [4.69, 9.17) is 13.9 Å². The Morgan fingerprint density at radius 2 is 1.94 bits per heavy atom. The van der Waals surface area contributed by atoms with E-state index in [0.29, 0.717) is 18.5 Å². The molecule has 1 aliphatic heterocycles. The molecule has 1 fully saturated rings. The molecule has 1 amide bonds. The molecule has 168 valence electrons. The van der Waals surface area contributed by atoms with Gasteiger partial charge in [0.2, 0.25) is 16.8 Å². The van der Waals surface area contributed by atoms with E-state index in [0.717, 1.165) is 0 Å². The van der Waals surface area contributed by atoms with Crippen LogP contribution in [0, 0.1) is 11.7 Å². The normalized spacial score (nSPS) is 15.5. The van der Waals surface area contributed by atoms with Gasteiger partial charge in [-0.2, -0.15) is 4.31 Å². The predicted octanol–water partition coefficient (Wildman–Crippen LogP) is 2.64. The lowest BCUT2D eigenvalue weighted by Gasteiger charge is -2.29. The van der Waals surface area contributed by atoms with Crippen LogP contribution in [0.4, 0.5) is 10.1 Å². The SMILES string of the molecule is CCOC(=O)c1ccc(S(=O)(=O)N2CCC(C(=O)Nc3ccc(F)cc3OC)CC2)o1. The average Bonchev–Trinajstić information content (AvgIpc) is 3.26. The Morgan fingerprint density at radius 1 is 1.23 bits per heavy atom. The van der Waals surface area contributed by atoms with Crippen LogP contribution in [0.1, 0.15) is 30.3 Å². The van der Waals surface area contributed by atoms with E-state index in [1.807, 2.05) is 0 Å². The van der Waals surface area contributed by atoms with Crippen molar-refractivity contribution < 1.29 is 36.3 Å². The minimum Gasteiger partial charge on any atom is -0.494 e. The number of anilines is 1. The van der Waals surface area contributed by atoms with Gasteiger partial charge in [0.05, 0.1) is 19.4 Å². The Hall–Kier alpha value is -2.92. The van der Waals surface area contributed by atoms with Crippen molar-refractivity contribution in [2.75, 3.05) is 32.1 Å². The lowest BCUT2D eigenvalue weighted by atomic mass is 9.97. The molecule has 0 atom stereocenters. The summed E-state index contributed by atoms with van der Waals surface area (Å²) in [6.45, 7) is 1.98. The molecule has 9 nitrogen and oxygen atoms in total. The molecular weight excluding hydrogens is 431 g/mol. The van der Waals surface area contributed by atoms with Crippen LogP contribution in [0.15, 0.2) is 39.8 Å². The lowest BCUT2D eigenvalue weighted by Crippen LogP contribution is -2.41. The van der Waals surface area contributed by atoms with Crippen molar-refractivity contribution in [3.63, 3.8) is 0 Å². The molecule has 1 aromatic heterocycles. The summed E-state index contributed by atoms with van der Waals surface area (Å²) in [4.78, 5) is 24.3. The number of hydrogen-bond acceptors (Lipinski definition) is 7. The Labute approximate surface area is 179 Å². The molecule has 2 heterocycles. The number of methoxy groups -OCH3 is 1. The van der Waals surface area contributed by atoms with E-state index >= 15 is 0 Å². The second-order valence-corrected chi connectivity index (χ2v) is 8.72. The average molecular weight is 454 g/mol. The highest BCUT2D eigenvalue weighted by Gasteiger charge is 2.34. The van der Waals surface area contributed by atoms with Gasteiger partial charge in [0.25, 0.3) is 10.0 Å². The molecule has 11 heteroatoms. The van der Waals surface area contributed by atoms with Gasteiger partial charge in [-0.3, -0.25) is 4.79 Å². The molecule has 0 aliphatic carbocycles. The van der Waals surface area contributed by atoms with Crippen LogP contribution in [-0.4, -0.2) is 51.4 Å². The molecule has 0 saturated carbocycles. The van der Waals surface area contributed by atoms with Gasteiger partial charge < -0.3 is 19.2 Å². The lowest BCUT2D eigenvalue weighted by molar-refractivity contribution is -0.120. The summed E-state index contributed by atoms with van der Waals surface area (Å²) in [7, 11) is -2.58. The van der Waals surface area contributed by atoms with Crippen LogP contribution in [0.5, 0.6) is 5.75 Å². The van der Waals surface area contributed by atoms with Crippen LogP contribution >= 0.6 is 0 Å². The molecule has 1 aliphatic rings. The fourth-order valence-electron chi connectivity index (χ4n) is 3.26. The molecular formula is C20H23FN2O7S. The molecule has 1 saturated heterocycles. The highest BCUT2D eigenvalue weighted by molar-refractivity contribution is 7.89. The highest BCUT2D eigenvalue weighted by Crippen LogP contribution is 2.29. The third kappa shape index (κ3) is 5.05. The number of carbonyl (C=O) groups is 2. The maximum atomic E-state index is 13.3. The first kappa shape index (κ1) is 22.8. The zero-order valence-electron chi connectivity index (χ0n) is 17.1. The zero-order chi connectivity index (χ0) is 22.6. The second-order valence-electron chi connectivity index (χ2n) is 6.85. The van der Waals surface area contributed by atoms with E-state index in [1.165, 1.54) is 41.7 Å². The number of sulfonamides is 1. The number of benzene rings is 1. The third-order valence-electron chi connectivity index (χ3n) is 4.90. The Bertz CT molecular complexity index is 1060. The van der Waals surface area contributed by atoms with Crippen molar-refractivity contribution in [2.45, 2.75) is 24.9 Å². The van der Waals surface area contributed by atoms with Crippen LogP contribution in [0.2, 0.25) is 0 Å². The van der Waals surface area contributed by atoms with E-state index in [-0.39, 0.29) is 42.2 Å². The maximum absolute atomic E-state index is 13.3. The molecule has 1 N–H and O–H groups in total. The number of carbonyl (C=O) groups excluding carboxylic acids is 2. The predicted molar refractivity (Wildman–Crippen MR) is 108 cm³/mol. The van der Waals surface area contributed by atoms with Crippen molar-refractivity contribution >= 4 is 27.6 Å². The summed E-state index contributed by atoms with van der Waals surface area (Å²) < 4.78 is 55.2. The minimum absolute atomic E-state index is 0.108. The zero-order valence-corrected chi connectivity index (χ0v) is 17.9. The van der Waals surface area contributed by atoms with Gasteiger partial charge in [-0.1, -0.05) is 0 Å². The summed E-state index contributed by atoms with van der Waals surface area (Å²) in [5, 5.41) is 2.35. The van der Waals surface area contributed by atoms with Gasteiger partial charge in [0.1, 0.15) is 11.6 Å². The third-order valence-corrected chi connectivity index (χ3v) is 6.67. The van der Waals surface area contributed by atoms with Gasteiger partial charge in [-0.15, -0.1) is 0 Å². The number of esters is 1. The molecule has 1 aromatic carbocycles. The van der Waals surface area contributed by atoms with Crippen LogP contribution in [0.25, 0.3) is 0 Å². The fraction of sp³-hybridized carbons (Fsp3) is 0.400. The van der Waals surface area contributed by atoms with Gasteiger partial charge in [-0.05, 0) is 44.0 Å². The van der Waals surface area contributed by atoms with Gasteiger partial charge in [0, 0.05) is 25.1 Å². The summed E-state index contributed by atoms with van der Waals surface area (Å²) in [5.41, 5.74) is 0.339. The molecule has 0 bridgehead atoms. The number of ether oxygens (including phenoxy) is 2. The number of furan rings is 1. The monoisotopic (exact) mass is 454 g/mol. The van der Waals surface area contributed by atoms with Crippen molar-refractivity contribution in [3.05, 3.63) is 41.9 Å². The van der Waals surface area contributed by atoms with Crippen LogP contribution in [0.3, 0.4) is 0 Å². The number of piperidine rings is 1. The number of nitrogens with zero attached hydrogens (tertiary/aromatic N) is 1. The van der Waals surface area contributed by atoms with Gasteiger partial charge in [-0.25, -0.2) is 17.6 Å². The number of rotatable bonds is 7. The molecule has 2 aromatic rings. The van der Waals surface area contributed by atoms with E-state index in [2.05, 4.69) is 5.32 Å². The Balaban J connectivity index is 1.62.